The smallest absolute Gasteiger partial charge is 0.192 e. The number of piperidine rings is 1. The minimum atomic E-state index is -0.616. The summed E-state index contributed by atoms with van der Waals surface area (Å²) in [6.45, 7) is 5.98. The molecule has 2 saturated heterocycles. The highest BCUT2D eigenvalue weighted by Crippen LogP contribution is 2.34. The third-order valence-electron chi connectivity index (χ3n) is 4.66. The molecule has 2 fully saturated rings. The minimum absolute atomic E-state index is 0.126. The molecule has 2 atom stereocenters. The zero-order valence-corrected chi connectivity index (χ0v) is 12.7. The van der Waals surface area contributed by atoms with Crippen LogP contribution in [-0.4, -0.2) is 49.0 Å². The first kappa shape index (κ1) is 15.0. The van der Waals surface area contributed by atoms with Crippen molar-refractivity contribution in [1.29, 1.82) is 0 Å². The Labute approximate surface area is 126 Å². The van der Waals surface area contributed by atoms with Crippen molar-refractivity contribution in [3.63, 3.8) is 0 Å². The van der Waals surface area contributed by atoms with Crippen LogP contribution in [0, 0.1) is 5.92 Å². The van der Waals surface area contributed by atoms with Gasteiger partial charge in [-0.3, -0.25) is 0 Å². The van der Waals surface area contributed by atoms with E-state index < -0.39 is 5.79 Å². The van der Waals surface area contributed by atoms with Crippen LogP contribution in [0.4, 0.5) is 0 Å². The lowest BCUT2D eigenvalue weighted by Gasteiger charge is -2.32. The van der Waals surface area contributed by atoms with Crippen molar-refractivity contribution in [2.24, 2.45) is 5.92 Å². The normalized spacial score (nSPS) is 31.6. The molecule has 1 aromatic rings. The molecule has 0 bridgehead atoms. The van der Waals surface area contributed by atoms with Gasteiger partial charge in [-0.15, -0.1) is 0 Å². The molecule has 4 heteroatoms. The largest absolute Gasteiger partial charge is 0.396 e. The fourth-order valence-corrected chi connectivity index (χ4v) is 3.26. The average Bonchev–Trinajstić information content (AvgIpc) is 2.91. The molecule has 0 radical (unpaired) electrons. The molecule has 0 amide bonds. The predicted molar refractivity (Wildman–Crippen MR) is 80.9 cm³/mol. The second kappa shape index (κ2) is 6.44. The maximum absolute atomic E-state index is 9.19. The van der Waals surface area contributed by atoms with Gasteiger partial charge in [0, 0.05) is 18.7 Å². The third-order valence-corrected chi connectivity index (χ3v) is 4.66. The first-order chi connectivity index (χ1) is 10.2. The molecular weight excluding hydrogens is 266 g/mol. The molecular formula is C17H25NO3. The van der Waals surface area contributed by atoms with Crippen molar-refractivity contribution in [2.75, 3.05) is 32.8 Å². The van der Waals surface area contributed by atoms with E-state index in [0.29, 0.717) is 19.1 Å². The van der Waals surface area contributed by atoms with E-state index in [1.807, 2.05) is 25.1 Å². The van der Waals surface area contributed by atoms with E-state index in [-0.39, 0.29) is 6.10 Å². The van der Waals surface area contributed by atoms with E-state index in [4.69, 9.17) is 9.47 Å². The van der Waals surface area contributed by atoms with Crippen LogP contribution in [0.5, 0.6) is 0 Å². The van der Waals surface area contributed by atoms with Crippen LogP contribution in [0.15, 0.2) is 30.3 Å². The minimum Gasteiger partial charge on any atom is -0.396 e. The Morgan fingerprint density at radius 2 is 1.95 bits per heavy atom. The summed E-state index contributed by atoms with van der Waals surface area (Å²) in [4.78, 5) is 2.43. The van der Waals surface area contributed by atoms with Gasteiger partial charge in [0.1, 0.15) is 0 Å². The standard InChI is InChI=1S/C17H25NO3/c1-17(15-5-3-2-4-6-15)20-13-16(21-17)11-18-9-7-14(12-19)8-10-18/h2-6,14,16,19H,7-13H2,1H3. The summed E-state index contributed by atoms with van der Waals surface area (Å²) < 4.78 is 12.1. The Morgan fingerprint density at radius 3 is 2.62 bits per heavy atom. The van der Waals surface area contributed by atoms with Gasteiger partial charge in [0.05, 0.1) is 12.7 Å². The molecule has 0 saturated carbocycles. The summed E-state index contributed by atoms with van der Waals surface area (Å²) >= 11 is 0. The molecule has 0 spiro atoms. The van der Waals surface area contributed by atoms with Crippen LogP contribution >= 0.6 is 0 Å². The Balaban J connectivity index is 1.53. The van der Waals surface area contributed by atoms with Crippen molar-refractivity contribution in [2.45, 2.75) is 31.7 Å². The SMILES string of the molecule is CC1(c2ccccc2)OCC(CN2CCC(CO)CC2)O1. The molecule has 1 N–H and O–H groups in total. The highest BCUT2D eigenvalue weighted by atomic mass is 16.7. The fourth-order valence-electron chi connectivity index (χ4n) is 3.26. The number of aliphatic hydroxyl groups excluding tert-OH is 1. The Hall–Kier alpha value is -0.940. The quantitative estimate of drug-likeness (QED) is 0.921. The number of nitrogens with zero attached hydrogens (tertiary/aromatic N) is 1. The van der Waals surface area contributed by atoms with Gasteiger partial charge in [-0.2, -0.15) is 0 Å². The van der Waals surface area contributed by atoms with Crippen LogP contribution in [0.2, 0.25) is 0 Å². The molecule has 2 aliphatic heterocycles. The Bertz CT molecular complexity index is 445. The van der Waals surface area contributed by atoms with E-state index in [1.165, 1.54) is 0 Å². The summed E-state index contributed by atoms with van der Waals surface area (Å²) in [6, 6.07) is 10.1. The van der Waals surface area contributed by atoms with Crippen molar-refractivity contribution in [3.05, 3.63) is 35.9 Å². The Kier molecular flexibility index (Phi) is 4.60. The summed E-state index contributed by atoms with van der Waals surface area (Å²) in [5.74, 6) is -0.133. The summed E-state index contributed by atoms with van der Waals surface area (Å²) in [5.41, 5.74) is 1.08. The van der Waals surface area contributed by atoms with Gasteiger partial charge < -0.3 is 19.5 Å². The van der Waals surface area contributed by atoms with Crippen molar-refractivity contribution >= 4 is 0 Å². The van der Waals surface area contributed by atoms with Crippen LogP contribution in [0.1, 0.15) is 25.3 Å². The second-order valence-corrected chi connectivity index (χ2v) is 6.29. The number of aliphatic hydroxyl groups is 1. The maximum Gasteiger partial charge on any atom is 0.192 e. The monoisotopic (exact) mass is 291 g/mol. The number of likely N-dealkylation sites (tertiary alicyclic amines) is 1. The molecule has 2 heterocycles. The number of hydrogen-bond donors (Lipinski definition) is 1. The zero-order valence-electron chi connectivity index (χ0n) is 12.7. The lowest BCUT2D eigenvalue weighted by molar-refractivity contribution is -0.163. The zero-order chi connectivity index (χ0) is 14.7. The molecule has 1 aromatic carbocycles. The van der Waals surface area contributed by atoms with Gasteiger partial charge in [0.2, 0.25) is 0 Å². The molecule has 4 nitrogen and oxygen atoms in total. The summed E-state index contributed by atoms with van der Waals surface area (Å²) in [7, 11) is 0. The van der Waals surface area contributed by atoms with Crippen LogP contribution < -0.4 is 0 Å². The van der Waals surface area contributed by atoms with Crippen LogP contribution in [0.3, 0.4) is 0 Å². The van der Waals surface area contributed by atoms with Crippen LogP contribution in [-0.2, 0) is 15.3 Å². The van der Waals surface area contributed by atoms with Gasteiger partial charge in [0.15, 0.2) is 5.79 Å². The lowest BCUT2D eigenvalue weighted by atomic mass is 9.98. The Morgan fingerprint density at radius 1 is 1.24 bits per heavy atom. The van der Waals surface area contributed by atoms with E-state index in [2.05, 4.69) is 17.0 Å². The number of benzene rings is 1. The molecule has 2 unspecified atom stereocenters. The van der Waals surface area contributed by atoms with Crippen molar-refractivity contribution < 1.29 is 14.6 Å². The van der Waals surface area contributed by atoms with Crippen LogP contribution in [0.25, 0.3) is 0 Å². The number of ether oxygens (including phenoxy) is 2. The van der Waals surface area contributed by atoms with E-state index >= 15 is 0 Å². The molecule has 116 valence electrons. The molecule has 2 aliphatic rings. The number of hydrogen-bond acceptors (Lipinski definition) is 4. The molecule has 21 heavy (non-hydrogen) atoms. The van der Waals surface area contributed by atoms with Gasteiger partial charge >= 0.3 is 0 Å². The number of rotatable bonds is 4. The van der Waals surface area contributed by atoms with E-state index in [0.717, 1.165) is 38.0 Å². The van der Waals surface area contributed by atoms with Gasteiger partial charge in [-0.25, -0.2) is 0 Å². The first-order valence-electron chi connectivity index (χ1n) is 7.90. The van der Waals surface area contributed by atoms with Gasteiger partial charge in [-0.1, -0.05) is 30.3 Å². The lowest BCUT2D eigenvalue weighted by Crippen LogP contribution is -2.40. The second-order valence-electron chi connectivity index (χ2n) is 6.29. The molecule has 3 rings (SSSR count). The summed E-state index contributed by atoms with van der Waals surface area (Å²) in [5, 5.41) is 9.19. The van der Waals surface area contributed by atoms with Gasteiger partial charge in [-0.05, 0) is 38.8 Å². The average molecular weight is 291 g/mol. The first-order valence-corrected chi connectivity index (χ1v) is 7.90. The highest BCUT2D eigenvalue weighted by molar-refractivity contribution is 5.20. The topological polar surface area (TPSA) is 41.9 Å². The molecule has 0 aromatic heterocycles. The third kappa shape index (κ3) is 3.46. The van der Waals surface area contributed by atoms with Crippen molar-refractivity contribution in [1.82, 2.24) is 4.90 Å². The highest BCUT2D eigenvalue weighted by Gasteiger charge is 2.39. The van der Waals surface area contributed by atoms with Gasteiger partial charge in [0.25, 0.3) is 0 Å². The van der Waals surface area contributed by atoms with E-state index in [9.17, 15) is 5.11 Å². The predicted octanol–water partition coefficient (Wildman–Crippen LogP) is 1.98. The van der Waals surface area contributed by atoms with E-state index in [1.54, 1.807) is 0 Å². The van der Waals surface area contributed by atoms with Crippen molar-refractivity contribution in [3.8, 4) is 0 Å². The summed E-state index contributed by atoms with van der Waals surface area (Å²) in [6.07, 6.45) is 2.29. The molecule has 0 aliphatic carbocycles. The fraction of sp³-hybridized carbons (Fsp3) is 0.647. The maximum atomic E-state index is 9.19.